The fraction of sp³-hybridized carbons (Fsp3) is 0.333. The van der Waals surface area contributed by atoms with Crippen LogP contribution in [0.15, 0.2) is 42.6 Å². The summed E-state index contributed by atoms with van der Waals surface area (Å²) in [6, 6.07) is 11.0. The number of aromatic amines is 1. The average Bonchev–Trinajstić information content (AvgIpc) is 3.41. The van der Waals surface area contributed by atoms with Crippen LogP contribution in [0.5, 0.6) is 17.2 Å². The van der Waals surface area contributed by atoms with E-state index < -0.39 is 11.9 Å². The van der Waals surface area contributed by atoms with Crippen molar-refractivity contribution in [3.8, 4) is 17.2 Å². The van der Waals surface area contributed by atoms with Crippen molar-refractivity contribution in [2.45, 2.75) is 25.8 Å². The summed E-state index contributed by atoms with van der Waals surface area (Å²) in [6.45, 7) is 2.27. The number of carbonyl (C=O) groups excluding carboxylic acids is 2. The zero-order valence-corrected chi connectivity index (χ0v) is 19.7. The first kappa shape index (κ1) is 24.6. The Hall–Kier alpha value is -4.08. The molecule has 3 N–H and O–H groups in total. The summed E-state index contributed by atoms with van der Waals surface area (Å²) in [5.74, 6) is 0.269. The average molecular weight is 468 g/mol. The predicted octanol–water partition coefficient (Wildman–Crippen LogP) is 2.16. The lowest BCUT2D eigenvalue weighted by molar-refractivity contribution is 0.0904. The van der Waals surface area contributed by atoms with Crippen molar-refractivity contribution >= 4 is 11.8 Å². The van der Waals surface area contributed by atoms with Crippen LogP contribution in [0.4, 0.5) is 0 Å². The number of hydrogen-bond donors (Lipinski definition) is 3. The minimum absolute atomic E-state index is 0.166. The summed E-state index contributed by atoms with van der Waals surface area (Å²) in [6.07, 6.45) is 2.78. The largest absolute Gasteiger partial charge is 0.493 e. The van der Waals surface area contributed by atoms with Crippen molar-refractivity contribution in [1.29, 1.82) is 0 Å². The molecule has 1 aromatic heterocycles. The first-order chi connectivity index (χ1) is 16.5. The Morgan fingerprint density at radius 2 is 1.65 bits per heavy atom. The number of ether oxygens (including phenoxy) is 3. The van der Waals surface area contributed by atoms with Gasteiger partial charge in [-0.1, -0.05) is 31.2 Å². The number of amides is 2. The van der Waals surface area contributed by atoms with Gasteiger partial charge in [0.1, 0.15) is 0 Å². The smallest absolute Gasteiger partial charge is 0.273 e. The van der Waals surface area contributed by atoms with E-state index in [1.807, 2.05) is 12.1 Å². The molecule has 10 heteroatoms. The molecule has 0 saturated carbocycles. The Balaban J connectivity index is 1.81. The molecule has 10 nitrogen and oxygen atoms in total. The molecule has 0 radical (unpaired) electrons. The highest BCUT2D eigenvalue weighted by Crippen LogP contribution is 2.39. The maximum atomic E-state index is 13.2. The molecule has 3 rings (SSSR count). The van der Waals surface area contributed by atoms with Crippen molar-refractivity contribution in [2.24, 2.45) is 0 Å². The molecule has 2 amide bonds. The van der Waals surface area contributed by atoms with E-state index in [1.165, 1.54) is 33.1 Å². The highest BCUT2D eigenvalue weighted by atomic mass is 16.5. The number of nitrogens with zero attached hydrogens (tertiary/aromatic N) is 2. The van der Waals surface area contributed by atoms with Crippen molar-refractivity contribution in [2.75, 3.05) is 27.9 Å². The molecular formula is C24H29N5O5. The van der Waals surface area contributed by atoms with Gasteiger partial charge in [0, 0.05) is 6.54 Å². The molecule has 0 aliphatic carbocycles. The molecule has 0 fully saturated rings. The molecule has 0 bridgehead atoms. The molecule has 3 aromatic rings. The first-order valence-electron chi connectivity index (χ1n) is 10.8. The molecule has 180 valence electrons. The second-order valence-electron chi connectivity index (χ2n) is 7.49. The zero-order chi connectivity index (χ0) is 24.5. The molecule has 0 spiro atoms. The molecule has 1 unspecified atom stereocenters. The van der Waals surface area contributed by atoms with E-state index in [0.717, 1.165) is 12.0 Å². The SMILES string of the molecule is CCc1ccc(CC(CNC(=O)c2cn[nH]n2)NC(=O)c2ccc(OC)c(OC)c2OC)cc1. The van der Waals surface area contributed by atoms with Gasteiger partial charge in [0.2, 0.25) is 5.75 Å². The topological polar surface area (TPSA) is 127 Å². The van der Waals surface area contributed by atoms with Crippen LogP contribution in [0.3, 0.4) is 0 Å². The fourth-order valence-corrected chi connectivity index (χ4v) is 3.53. The number of aryl methyl sites for hydroxylation is 1. The van der Waals surface area contributed by atoms with Gasteiger partial charge in [-0.25, -0.2) is 0 Å². The van der Waals surface area contributed by atoms with E-state index in [4.69, 9.17) is 14.2 Å². The Morgan fingerprint density at radius 3 is 2.24 bits per heavy atom. The predicted molar refractivity (Wildman–Crippen MR) is 126 cm³/mol. The van der Waals surface area contributed by atoms with Crippen LogP contribution in [-0.2, 0) is 12.8 Å². The van der Waals surface area contributed by atoms with E-state index in [0.29, 0.717) is 17.9 Å². The fourth-order valence-electron chi connectivity index (χ4n) is 3.53. The lowest BCUT2D eigenvalue weighted by atomic mass is 10.0. The minimum Gasteiger partial charge on any atom is -0.493 e. The summed E-state index contributed by atoms with van der Waals surface area (Å²) >= 11 is 0. The van der Waals surface area contributed by atoms with Crippen LogP contribution >= 0.6 is 0 Å². The standard InChI is InChI=1S/C24H29N5O5/c1-5-15-6-8-16(9-7-15)12-17(13-25-24(31)19-14-26-29-28-19)27-23(30)18-10-11-20(32-2)22(34-4)21(18)33-3/h6-11,14,17H,5,12-13H2,1-4H3,(H,25,31)(H,27,30)(H,26,28,29). The maximum Gasteiger partial charge on any atom is 0.273 e. The monoisotopic (exact) mass is 467 g/mol. The van der Waals surface area contributed by atoms with Crippen LogP contribution in [-0.4, -0.2) is 61.1 Å². The van der Waals surface area contributed by atoms with Gasteiger partial charge in [-0.3, -0.25) is 9.59 Å². The van der Waals surface area contributed by atoms with Crippen LogP contribution in [0, 0.1) is 0 Å². The van der Waals surface area contributed by atoms with Gasteiger partial charge in [0.05, 0.1) is 39.1 Å². The third-order valence-electron chi connectivity index (χ3n) is 5.35. The number of hydrogen-bond acceptors (Lipinski definition) is 7. The van der Waals surface area contributed by atoms with Gasteiger partial charge in [0.15, 0.2) is 17.2 Å². The Kier molecular flexibility index (Phi) is 8.44. The van der Waals surface area contributed by atoms with Crippen molar-refractivity contribution in [1.82, 2.24) is 26.0 Å². The lowest BCUT2D eigenvalue weighted by Crippen LogP contribution is -2.45. The number of rotatable bonds is 11. The number of methoxy groups -OCH3 is 3. The molecule has 2 aromatic carbocycles. The third kappa shape index (κ3) is 5.83. The lowest BCUT2D eigenvalue weighted by Gasteiger charge is -2.21. The summed E-state index contributed by atoms with van der Waals surface area (Å²) in [7, 11) is 4.44. The maximum absolute atomic E-state index is 13.2. The van der Waals surface area contributed by atoms with Gasteiger partial charge in [0.25, 0.3) is 11.8 Å². The second-order valence-corrected chi connectivity index (χ2v) is 7.49. The van der Waals surface area contributed by atoms with Crippen LogP contribution < -0.4 is 24.8 Å². The number of nitrogens with one attached hydrogen (secondary N) is 3. The van der Waals surface area contributed by atoms with Crippen molar-refractivity contribution < 1.29 is 23.8 Å². The van der Waals surface area contributed by atoms with Crippen molar-refractivity contribution in [3.63, 3.8) is 0 Å². The number of carbonyl (C=O) groups is 2. The molecule has 1 atom stereocenters. The van der Waals surface area contributed by atoms with Crippen LogP contribution in [0.1, 0.15) is 38.9 Å². The molecule has 0 aliphatic heterocycles. The second kappa shape index (κ2) is 11.7. The number of H-pyrrole nitrogens is 1. The van der Waals surface area contributed by atoms with E-state index in [-0.39, 0.29) is 29.5 Å². The highest BCUT2D eigenvalue weighted by molar-refractivity contribution is 5.98. The number of aromatic nitrogens is 3. The normalized spacial score (nSPS) is 11.4. The van der Waals surface area contributed by atoms with Gasteiger partial charge in [-0.2, -0.15) is 15.4 Å². The first-order valence-corrected chi connectivity index (χ1v) is 10.8. The third-order valence-corrected chi connectivity index (χ3v) is 5.35. The van der Waals surface area contributed by atoms with Gasteiger partial charge in [-0.05, 0) is 36.1 Å². The van der Waals surface area contributed by atoms with Crippen LogP contribution in [0.25, 0.3) is 0 Å². The number of benzene rings is 2. The minimum atomic E-state index is -0.409. The van der Waals surface area contributed by atoms with Gasteiger partial charge < -0.3 is 24.8 Å². The Labute approximate surface area is 198 Å². The summed E-state index contributed by atoms with van der Waals surface area (Å²) in [4.78, 5) is 25.6. The van der Waals surface area contributed by atoms with E-state index >= 15 is 0 Å². The molecule has 0 saturated heterocycles. The van der Waals surface area contributed by atoms with Crippen molar-refractivity contribution in [3.05, 3.63) is 65.0 Å². The summed E-state index contributed by atoms with van der Waals surface area (Å²) < 4.78 is 16.1. The Morgan fingerprint density at radius 1 is 0.941 bits per heavy atom. The zero-order valence-electron chi connectivity index (χ0n) is 19.7. The van der Waals surface area contributed by atoms with Gasteiger partial charge in [-0.15, -0.1) is 0 Å². The van der Waals surface area contributed by atoms with Crippen LogP contribution in [0.2, 0.25) is 0 Å². The van der Waals surface area contributed by atoms with E-state index in [1.54, 1.807) is 12.1 Å². The summed E-state index contributed by atoms with van der Waals surface area (Å²) in [5.41, 5.74) is 2.70. The highest BCUT2D eigenvalue weighted by Gasteiger charge is 2.23. The molecule has 34 heavy (non-hydrogen) atoms. The summed E-state index contributed by atoms with van der Waals surface area (Å²) in [5, 5.41) is 15.6. The van der Waals surface area contributed by atoms with E-state index in [2.05, 4.69) is 45.1 Å². The molecule has 0 aliphatic rings. The quantitative estimate of drug-likeness (QED) is 0.394. The van der Waals surface area contributed by atoms with E-state index in [9.17, 15) is 9.59 Å². The molecular weight excluding hydrogens is 438 g/mol. The Bertz CT molecular complexity index is 1100. The van der Waals surface area contributed by atoms with Gasteiger partial charge >= 0.3 is 0 Å². The molecule has 1 heterocycles.